The molecule has 2 aromatic heterocycles. The first-order valence-electron chi connectivity index (χ1n) is 13.7. The van der Waals surface area contributed by atoms with E-state index in [1.165, 1.54) is 31.0 Å². The van der Waals surface area contributed by atoms with Gasteiger partial charge in [0, 0.05) is 47.1 Å². The Hall–Kier alpha value is -2.92. The van der Waals surface area contributed by atoms with Crippen molar-refractivity contribution in [1.82, 2.24) is 20.1 Å². The SMILES string of the molecule is CC1CCN(C2CC(C(=O)Nc3cc(Nc4cc(-c5cc(Cl)ccc5F)n[nH]c4=S)ccn3)C2)CC1.CCCO. The van der Waals surface area contributed by atoms with Gasteiger partial charge in [0.05, 0.1) is 11.4 Å². The number of H-pyrrole nitrogens is 1. The average molecular weight is 587 g/mol. The van der Waals surface area contributed by atoms with Gasteiger partial charge in [0.25, 0.3) is 0 Å². The lowest BCUT2D eigenvalue weighted by Crippen LogP contribution is -2.50. The number of halogens is 2. The topological polar surface area (TPSA) is 106 Å². The summed E-state index contributed by atoms with van der Waals surface area (Å²) in [6, 6.07) is 9.97. The summed E-state index contributed by atoms with van der Waals surface area (Å²) >= 11 is 11.4. The number of likely N-dealkylation sites (tertiary alicyclic amines) is 1. The zero-order valence-corrected chi connectivity index (χ0v) is 24.4. The van der Waals surface area contributed by atoms with Gasteiger partial charge in [-0.3, -0.25) is 9.89 Å². The fourth-order valence-corrected chi connectivity index (χ4v) is 5.11. The number of aliphatic hydroxyl groups excluding tert-OH is 1. The van der Waals surface area contributed by atoms with E-state index in [0.29, 0.717) is 45.2 Å². The van der Waals surface area contributed by atoms with Gasteiger partial charge >= 0.3 is 0 Å². The molecule has 3 aromatic rings. The van der Waals surface area contributed by atoms with E-state index in [1.807, 2.05) is 6.92 Å². The summed E-state index contributed by atoms with van der Waals surface area (Å²) in [5, 5.41) is 21.3. The van der Waals surface area contributed by atoms with Crippen LogP contribution in [0.15, 0.2) is 42.6 Å². The maximum absolute atomic E-state index is 14.3. The molecule has 1 saturated carbocycles. The number of anilines is 3. The third-order valence-electron chi connectivity index (χ3n) is 7.34. The standard InChI is InChI=1S/C26H28ClFN6OS.C3H8O/c1-15-5-8-34(9-6-15)19-10-16(11-19)25(35)31-24-13-18(4-7-29-24)30-23-14-22(32-33-26(23)36)20-12-17(27)2-3-21(20)28;1-2-3-4/h2-4,7,12-16,19H,5-6,8-11H2,1H3,(H,33,36)(H2,29,30,31,32,35);4H,2-3H2,1H3. The van der Waals surface area contributed by atoms with E-state index in [1.54, 1.807) is 24.4 Å². The molecule has 8 nitrogen and oxygen atoms in total. The Morgan fingerprint density at radius 3 is 2.65 bits per heavy atom. The third kappa shape index (κ3) is 7.84. The van der Waals surface area contributed by atoms with Gasteiger partial charge in [-0.1, -0.05) is 37.7 Å². The van der Waals surface area contributed by atoms with Crippen LogP contribution < -0.4 is 10.6 Å². The number of rotatable bonds is 7. The van der Waals surface area contributed by atoms with Crippen LogP contribution in [0, 0.1) is 22.3 Å². The van der Waals surface area contributed by atoms with Crippen LogP contribution in [-0.4, -0.2) is 56.8 Å². The molecule has 0 spiro atoms. The number of pyridine rings is 1. The molecular formula is C29H36ClFN6O2S. The highest BCUT2D eigenvalue weighted by molar-refractivity contribution is 7.71. The van der Waals surface area contributed by atoms with Crippen LogP contribution in [0.1, 0.15) is 46.0 Å². The van der Waals surface area contributed by atoms with Crippen molar-refractivity contribution in [3.8, 4) is 11.3 Å². The molecule has 1 aliphatic heterocycles. The van der Waals surface area contributed by atoms with Crippen LogP contribution in [0.25, 0.3) is 11.3 Å². The third-order valence-corrected chi connectivity index (χ3v) is 7.89. The van der Waals surface area contributed by atoms with Gasteiger partial charge in [-0.25, -0.2) is 9.37 Å². The monoisotopic (exact) mass is 586 g/mol. The summed E-state index contributed by atoms with van der Waals surface area (Å²) in [4.78, 5) is 19.6. The lowest BCUT2D eigenvalue weighted by atomic mass is 9.77. The van der Waals surface area contributed by atoms with Crippen molar-refractivity contribution in [2.24, 2.45) is 11.8 Å². The number of benzene rings is 1. The molecule has 2 aliphatic rings. The maximum Gasteiger partial charge on any atom is 0.228 e. The number of aromatic amines is 1. The summed E-state index contributed by atoms with van der Waals surface area (Å²) < 4.78 is 14.7. The summed E-state index contributed by atoms with van der Waals surface area (Å²) in [7, 11) is 0. The number of carbonyl (C=O) groups excluding carboxylic acids is 1. The van der Waals surface area contributed by atoms with Crippen LogP contribution in [0.5, 0.6) is 0 Å². The van der Waals surface area contributed by atoms with Crippen molar-refractivity contribution in [3.05, 3.63) is 58.1 Å². The Morgan fingerprint density at radius 2 is 1.95 bits per heavy atom. The minimum absolute atomic E-state index is 0.00111. The molecule has 0 radical (unpaired) electrons. The summed E-state index contributed by atoms with van der Waals surface area (Å²) in [6.45, 7) is 6.83. The Kier molecular flexibility index (Phi) is 10.6. The number of hydrogen-bond donors (Lipinski definition) is 4. The first-order valence-corrected chi connectivity index (χ1v) is 14.5. The molecule has 0 bridgehead atoms. The second-order valence-electron chi connectivity index (χ2n) is 10.4. The highest BCUT2D eigenvalue weighted by Crippen LogP contribution is 2.35. The molecule has 2 fully saturated rings. The highest BCUT2D eigenvalue weighted by atomic mass is 35.5. The van der Waals surface area contributed by atoms with E-state index in [9.17, 15) is 9.18 Å². The van der Waals surface area contributed by atoms with Crippen molar-refractivity contribution in [2.45, 2.75) is 52.0 Å². The van der Waals surface area contributed by atoms with Crippen molar-refractivity contribution < 1.29 is 14.3 Å². The minimum Gasteiger partial charge on any atom is -0.396 e. The van der Waals surface area contributed by atoms with E-state index in [4.69, 9.17) is 28.9 Å². The number of piperidine rings is 1. The second-order valence-corrected chi connectivity index (χ2v) is 11.3. The molecular weight excluding hydrogens is 551 g/mol. The molecule has 0 unspecified atom stereocenters. The van der Waals surface area contributed by atoms with Gasteiger partial charge in [0.2, 0.25) is 5.91 Å². The molecule has 214 valence electrons. The number of carbonyl (C=O) groups is 1. The smallest absolute Gasteiger partial charge is 0.228 e. The highest BCUT2D eigenvalue weighted by Gasteiger charge is 2.38. The van der Waals surface area contributed by atoms with Crippen molar-refractivity contribution in [1.29, 1.82) is 0 Å². The van der Waals surface area contributed by atoms with Crippen molar-refractivity contribution in [3.63, 3.8) is 0 Å². The predicted molar refractivity (Wildman–Crippen MR) is 160 cm³/mol. The lowest BCUT2D eigenvalue weighted by molar-refractivity contribution is -0.124. The average Bonchev–Trinajstić information content (AvgIpc) is 2.92. The number of amides is 1. The molecule has 0 atom stereocenters. The summed E-state index contributed by atoms with van der Waals surface area (Å²) in [5.41, 5.74) is 1.83. The fraction of sp³-hybridized carbons (Fsp3) is 0.448. The van der Waals surface area contributed by atoms with E-state index in [2.05, 4.69) is 37.6 Å². The maximum atomic E-state index is 14.3. The van der Waals surface area contributed by atoms with Gasteiger partial charge in [-0.2, -0.15) is 5.10 Å². The fourth-order valence-electron chi connectivity index (χ4n) is 4.78. The molecule has 1 amide bonds. The van der Waals surface area contributed by atoms with E-state index in [0.717, 1.165) is 38.3 Å². The molecule has 3 heterocycles. The summed E-state index contributed by atoms with van der Waals surface area (Å²) in [5.74, 6) is 0.840. The molecule has 1 saturated heterocycles. The molecule has 1 aromatic carbocycles. The normalized spacial score (nSPS) is 19.2. The van der Waals surface area contributed by atoms with E-state index in [-0.39, 0.29) is 17.4 Å². The Bertz CT molecular complexity index is 1360. The van der Waals surface area contributed by atoms with Gasteiger partial charge in [0.15, 0.2) is 0 Å². The predicted octanol–water partition coefficient (Wildman–Crippen LogP) is 6.57. The zero-order valence-electron chi connectivity index (χ0n) is 22.8. The quantitative estimate of drug-likeness (QED) is 0.232. The number of hydrogen-bond acceptors (Lipinski definition) is 7. The van der Waals surface area contributed by atoms with Crippen LogP contribution in [0.2, 0.25) is 5.02 Å². The largest absolute Gasteiger partial charge is 0.396 e. The van der Waals surface area contributed by atoms with Gasteiger partial charge in [-0.15, -0.1) is 0 Å². The second kappa shape index (κ2) is 14.1. The van der Waals surface area contributed by atoms with Crippen molar-refractivity contribution >= 4 is 46.9 Å². The van der Waals surface area contributed by atoms with Gasteiger partial charge < -0.3 is 20.6 Å². The molecule has 4 N–H and O–H groups in total. The number of nitrogens with one attached hydrogen (secondary N) is 3. The van der Waals surface area contributed by atoms with E-state index >= 15 is 0 Å². The number of aliphatic hydroxyl groups is 1. The van der Waals surface area contributed by atoms with Crippen LogP contribution in [-0.2, 0) is 4.79 Å². The minimum atomic E-state index is -0.439. The van der Waals surface area contributed by atoms with Crippen molar-refractivity contribution in [2.75, 3.05) is 30.3 Å². The first kappa shape index (κ1) is 30.0. The Labute approximate surface area is 244 Å². The molecule has 5 rings (SSSR count). The lowest BCUT2D eigenvalue weighted by Gasteiger charge is -2.44. The van der Waals surface area contributed by atoms with E-state index < -0.39 is 5.82 Å². The molecule has 40 heavy (non-hydrogen) atoms. The molecule has 11 heteroatoms. The number of aromatic nitrogens is 3. The van der Waals surface area contributed by atoms with Crippen LogP contribution in [0.3, 0.4) is 0 Å². The Morgan fingerprint density at radius 1 is 1.23 bits per heavy atom. The Balaban J connectivity index is 0.000000867. The molecule has 1 aliphatic carbocycles. The van der Waals surface area contributed by atoms with Gasteiger partial charge in [-0.05, 0) is 81.4 Å². The zero-order chi connectivity index (χ0) is 28.6. The van der Waals surface area contributed by atoms with Crippen LogP contribution in [0.4, 0.5) is 21.6 Å². The summed E-state index contributed by atoms with van der Waals surface area (Å²) in [6.07, 6.45) is 6.77. The number of nitrogens with zero attached hydrogens (tertiary/aromatic N) is 3. The van der Waals surface area contributed by atoms with Crippen LogP contribution >= 0.6 is 23.8 Å². The van der Waals surface area contributed by atoms with Gasteiger partial charge in [0.1, 0.15) is 16.3 Å². The first-order chi connectivity index (χ1) is 19.3.